The van der Waals surface area contributed by atoms with E-state index in [0.29, 0.717) is 0 Å². The van der Waals surface area contributed by atoms with Gasteiger partial charge in [-0.1, -0.05) is 59.7 Å². The molecule has 0 spiro atoms. The van der Waals surface area contributed by atoms with E-state index in [-0.39, 0.29) is 0 Å². The first-order valence-corrected chi connectivity index (χ1v) is 5.65. The second-order valence-electron chi connectivity index (χ2n) is 4.24. The molecule has 0 radical (unpaired) electrons. The van der Waals surface area contributed by atoms with Crippen molar-refractivity contribution in [2.75, 3.05) is 0 Å². The van der Waals surface area contributed by atoms with Gasteiger partial charge in [-0.3, -0.25) is 0 Å². The van der Waals surface area contributed by atoms with Crippen LogP contribution in [0, 0.1) is 27.7 Å². The second-order valence-corrected chi connectivity index (χ2v) is 4.24. The van der Waals surface area contributed by atoms with Crippen LogP contribution in [0.1, 0.15) is 22.3 Å². The molecule has 0 saturated heterocycles. The molecule has 0 unspecified atom stereocenters. The molecule has 0 aromatic heterocycles. The quantitative estimate of drug-likeness (QED) is 0.598. The molecule has 0 heterocycles. The highest BCUT2D eigenvalue weighted by Gasteiger charge is 1.84. The molecule has 0 heteroatoms. The van der Waals surface area contributed by atoms with E-state index in [2.05, 4.69) is 76.2 Å². The lowest BCUT2D eigenvalue weighted by Crippen LogP contribution is -1.74. The monoisotopic (exact) mass is 212 g/mol. The molecule has 0 bridgehead atoms. The Morgan fingerprint density at radius 2 is 1.00 bits per heavy atom. The van der Waals surface area contributed by atoms with Gasteiger partial charge in [-0.2, -0.15) is 0 Å². The van der Waals surface area contributed by atoms with Gasteiger partial charge in [0.05, 0.1) is 0 Å². The normalized spacial score (nSPS) is 9.25. The SMILES string of the molecule is Cc1cccc(C)c1.Cc1ccccc1C. The van der Waals surface area contributed by atoms with E-state index in [9.17, 15) is 0 Å². The van der Waals surface area contributed by atoms with Gasteiger partial charge in [-0.05, 0) is 38.8 Å². The zero-order chi connectivity index (χ0) is 12.0. The molecule has 0 atom stereocenters. The maximum Gasteiger partial charge on any atom is -0.0395 e. The molecule has 2 rings (SSSR count). The maximum atomic E-state index is 2.17. The lowest BCUT2D eigenvalue weighted by molar-refractivity contribution is 1.34. The summed E-state index contributed by atoms with van der Waals surface area (Å²) in [6, 6.07) is 16.8. The average Bonchev–Trinajstić information content (AvgIpc) is 2.23. The molecule has 0 aliphatic heterocycles. The van der Waals surface area contributed by atoms with E-state index in [1.165, 1.54) is 22.3 Å². The van der Waals surface area contributed by atoms with Crippen LogP contribution in [0.2, 0.25) is 0 Å². The zero-order valence-electron chi connectivity index (χ0n) is 10.6. The van der Waals surface area contributed by atoms with Crippen LogP contribution in [0.5, 0.6) is 0 Å². The van der Waals surface area contributed by atoms with E-state index in [1.807, 2.05) is 0 Å². The standard InChI is InChI=1S/2C8H10/c1-7-4-3-5-8(2)6-7;1-7-5-3-4-6-8(7)2/h2*3-6H,1-2H3. The predicted molar refractivity (Wildman–Crippen MR) is 71.8 cm³/mol. The van der Waals surface area contributed by atoms with Crippen LogP contribution in [0.4, 0.5) is 0 Å². The molecule has 0 fully saturated rings. The van der Waals surface area contributed by atoms with Crippen molar-refractivity contribution >= 4 is 0 Å². The third-order valence-corrected chi connectivity index (χ3v) is 2.60. The van der Waals surface area contributed by atoms with Crippen molar-refractivity contribution in [3.05, 3.63) is 70.8 Å². The van der Waals surface area contributed by atoms with E-state index in [1.54, 1.807) is 0 Å². The molecule has 0 N–H and O–H groups in total. The van der Waals surface area contributed by atoms with Gasteiger partial charge in [0.25, 0.3) is 0 Å². The van der Waals surface area contributed by atoms with Gasteiger partial charge in [0, 0.05) is 0 Å². The van der Waals surface area contributed by atoms with Crippen molar-refractivity contribution in [1.29, 1.82) is 0 Å². The molecule has 0 amide bonds. The summed E-state index contributed by atoms with van der Waals surface area (Å²) in [6.07, 6.45) is 0. The molecule has 0 saturated carbocycles. The molecule has 0 aliphatic carbocycles. The highest BCUT2D eigenvalue weighted by atomic mass is 13.9. The fourth-order valence-electron chi connectivity index (χ4n) is 1.47. The van der Waals surface area contributed by atoms with Crippen molar-refractivity contribution in [1.82, 2.24) is 0 Å². The first-order chi connectivity index (χ1) is 7.59. The molecule has 16 heavy (non-hydrogen) atoms. The van der Waals surface area contributed by atoms with Gasteiger partial charge in [0.15, 0.2) is 0 Å². The van der Waals surface area contributed by atoms with Gasteiger partial charge in [0.1, 0.15) is 0 Å². The van der Waals surface area contributed by atoms with Crippen molar-refractivity contribution in [3.8, 4) is 0 Å². The number of aryl methyl sites for hydroxylation is 4. The fourth-order valence-corrected chi connectivity index (χ4v) is 1.47. The molecule has 2 aromatic carbocycles. The number of rotatable bonds is 0. The Bertz CT molecular complexity index is 403. The van der Waals surface area contributed by atoms with Gasteiger partial charge in [-0.25, -0.2) is 0 Å². The smallest absolute Gasteiger partial charge is 0.0395 e. The summed E-state index contributed by atoms with van der Waals surface area (Å²) in [5, 5.41) is 0. The Balaban J connectivity index is 0.000000160. The first-order valence-electron chi connectivity index (χ1n) is 5.65. The summed E-state index contributed by atoms with van der Waals surface area (Å²) in [6.45, 7) is 8.45. The highest BCUT2D eigenvalue weighted by molar-refractivity contribution is 5.23. The number of benzene rings is 2. The summed E-state index contributed by atoms with van der Waals surface area (Å²) < 4.78 is 0. The van der Waals surface area contributed by atoms with Crippen molar-refractivity contribution < 1.29 is 0 Å². The lowest BCUT2D eigenvalue weighted by Gasteiger charge is -1.93. The largest absolute Gasteiger partial charge is 0.0620 e. The Hall–Kier alpha value is -1.56. The van der Waals surface area contributed by atoms with Crippen LogP contribution in [0.3, 0.4) is 0 Å². The van der Waals surface area contributed by atoms with Crippen LogP contribution in [0.15, 0.2) is 48.5 Å². The van der Waals surface area contributed by atoms with Crippen LogP contribution >= 0.6 is 0 Å². The van der Waals surface area contributed by atoms with Crippen LogP contribution in [-0.4, -0.2) is 0 Å². The topological polar surface area (TPSA) is 0 Å². The van der Waals surface area contributed by atoms with E-state index in [0.717, 1.165) is 0 Å². The summed E-state index contributed by atoms with van der Waals surface area (Å²) >= 11 is 0. The third-order valence-electron chi connectivity index (χ3n) is 2.60. The molecule has 0 aliphatic rings. The summed E-state index contributed by atoms with van der Waals surface area (Å²) in [4.78, 5) is 0. The average molecular weight is 212 g/mol. The van der Waals surface area contributed by atoms with Crippen LogP contribution in [-0.2, 0) is 0 Å². The summed E-state index contributed by atoms with van der Waals surface area (Å²) in [7, 11) is 0. The van der Waals surface area contributed by atoms with E-state index < -0.39 is 0 Å². The van der Waals surface area contributed by atoms with Crippen LogP contribution in [0.25, 0.3) is 0 Å². The van der Waals surface area contributed by atoms with E-state index in [4.69, 9.17) is 0 Å². The maximum absolute atomic E-state index is 2.17. The molecule has 84 valence electrons. The Morgan fingerprint density at radius 3 is 1.25 bits per heavy atom. The minimum absolute atomic E-state index is 1.34. The van der Waals surface area contributed by atoms with E-state index >= 15 is 0 Å². The molecular formula is C16H20. The molecular weight excluding hydrogens is 192 g/mol. The fraction of sp³-hybridized carbons (Fsp3) is 0.250. The second kappa shape index (κ2) is 6.12. The van der Waals surface area contributed by atoms with Gasteiger partial charge >= 0.3 is 0 Å². The Labute approximate surface area is 99.0 Å². The molecule has 2 aromatic rings. The van der Waals surface area contributed by atoms with Gasteiger partial charge in [0.2, 0.25) is 0 Å². The van der Waals surface area contributed by atoms with Crippen LogP contribution < -0.4 is 0 Å². The summed E-state index contributed by atoms with van der Waals surface area (Å²) in [5.41, 5.74) is 5.41. The third kappa shape index (κ3) is 4.31. The number of hydrogen-bond acceptors (Lipinski definition) is 0. The van der Waals surface area contributed by atoms with Crippen molar-refractivity contribution in [3.63, 3.8) is 0 Å². The summed E-state index contributed by atoms with van der Waals surface area (Å²) in [5.74, 6) is 0. The zero-order valence-corrected chi connectivity index (χ0v) is 10.6. The van der Waals surface area contributed by atoms with Gasteiger partial charge < -0.3 is 0 Å². The minimum Gasteiger partial charge on any atom is -0.0620 e. The number of hydrogen-bond donors (Lipinski definition) is 0. The predicted octanol–water partition coefficient (Wildman–Crippen LogP) is 4.61. The van der Waals surface area contributed by atoms with Gasteiger partial charge in [-0.15, -0.1) is 0 Å². The Morgan fingerprint density at radius 1 is 0.562 bits per heavy atom. The first kappa shape index (κ1) is 12.5. The highest BCUT2D eigenvalue weighted by Crippen LogP contribution is 2.02. The molecule has 0 nitrogen and oxygen atoms in total. The minimum atomic E-state index is 1.34. The Kier molecular flexibility index (Phi) is 4.78. The lowest BCUT2D eigenvalue weighted by atomic mass is 10.1. The van der Waals surface area contributed by atoms with Crippen molar-refractivity contribution in [2.24, 2.45) is 0 Å². The van der Waals surface area contributed by atoms with Crippen molar-refractivity contribution in [2.45, 2.75) is 27.7 Å².